The number of pyridine rings is 1. The summed E-state index contributed by atoms with van der Waals surface area (Å²) in [5.41, 5.74) is 18.6. The van der Waals surface area contributed by atoms with Crippen molar-refractivity contribution in [3.63, 3.8) is 0 Å². The third kappa shape index (κ3) is 4.88. The summed E-state index contributed by atoms with van der Waals surface area (Å²) in [5, 5.41) is 21.4. The van der Waals surface area contributed by atoms with Crippen LogP contribution in [-0.2, 0) is 29.6 Å². The first-order valence-corrected chi connectivity index (χ1v) is 19.0. The number of likely N-dealkylation sites (tertiary alicyclic amines) is 1. The molecule has 2 aliphatic carbocycles. The third-order valence-corrected chi connectivity index (χ3v) is 13.1. The lowest BCUT2D eigenvalue weighted by molar-refractivity contribution is 0.121. The molecule has 1 spiro atoms. The molecule has 13 nitrogen and oxygen atoms in total. The van der Waals surface area contributed by atoms with Crippen LogP contribution >= 0.6 is 11.3 Å². The maximum Gasteiger partial charge on any atom is 0.186 e. The van der Waals surface area contributed by atoms with Gasteiger partial charge < -0.3 is 30.5 Å². The van der Waals surface area contributed by atoms with Gasteiger partial charge in [0.05, 0.1) is 47.9 Å². The highest BCUT2D eigenvalue weighted by molar-refractivity contribution is 7.16. The van der Waals surface area contributed by atoms with Crippen molar-refractivity contribution in [3.05, 3.63) is 56.9 Å². The Balaban J connectivity index is 1.24. The first-order valence-electron chi connectivity index (χ1n) is 18.1. The van der Waals surface area contributed by atoms with Gasteiger partial charge in [0.15, 0.2) is 22.9 Å². The van der Waals surface area contributed by atoms with Gasteiger partial charge in [-0.3, -0.25) is 0 Å². The Bertz CT molecular complexity index is 2200. The van der Waals surface area contributed by atoms with E-state index in [-0.39, 0.29) is 12.1 Å². The third-order valence-electron chi connectivity index (χ3n) is 12.0. The molecule has 2 aliphatic heterocycles. The van der Waals surface area contributed by atoms with E-state index in [1.54, 1.807) is 17.5 Å². The van der Waals surface area contributed by atoms with Gasteiger partial charge in [0, 0.05) is 34.8 Å². The van der Waals surface area contributed by atoms with Crippen LogP contribution in [0.1, 0.15) is 103 Å². The van der Waals surface area contributed by atoms with Gasteiger partial charge in [-0.1, -0.05) is 5.16 Å². The molecule has 4 atom stereocenters. The number of hydrogen-bond acceptors (Lipinski definition) is 13. The highest BCUT2D eigenvalue weighted by Gasteiger charge is 2.49. The highest BCUT2D eigenvalue weighted by atomic mass is 32.1. The fraction of sp³-hybridized carbons (Fsp3) is 0.514. The maximum atomic E-state index is 10.2. The predicted molar refractivity (Wildman–Crippen MR) is 195 cm³/mol. The van der Waals surface area contributed by atoms with Crippen LogP contribution in [0.25, 0.3) is 22.6 Å². The SMILES string of the molecule is CC1c2c(ccnc2N)COCCN1c1nc(-c2noc3c2CCCC32CCCc3sc(N)c(C#N)c32)nc2c1cnn2C(C)C1CCCN1C. The van der Waals surface area contributed by atoms with E-state index in [1.165, 1.54) is 4.88 Å². The number of hydrogen-bond donors (Lipinski definition) is 2. The van der Waals surface area contributed by atoms with Crippen molar-refractivity contribution in [3.8, 4) is 17.6 Å². The molecule has 264 valence electrons. The second-order valence-electron chi connectivity index (χ2n) is 14.7. The number of thiophene rings is 1. The van der Waals surface area contributed by atoms with Crippen LogP contribution in [0.4, 0.5) is 16.6 Å². The van der Waals surface area contributed by atoms with Gasteiger partial charge in [0.25, 0.3) is 0 Å². The van der Waals surface area contributed by atoms with Gasteiger partial charge >= 0.3 is 0 Å². The number of nitrogens with zero attached hydrogens (tertiary/aromatic N) is 9. The molecule has 5 aromatic heterocycles. The van der Waals surface area contributed by atoms with Crippen LogP contribution in [0.15, 0.2) is 23.0 Å². The lowest BCUT2D eigenvalue weighted by atomic mass is 9.63. The fourth-order valence-corrected chi connectivity index (χ4v) is 10.7. The second-order valence-corrected chi connectivity index (χ2v) is 15.8. The monoisotopic (exact) mass is 705 g/mol. The van der Waals surface area contributed by atoms with E-state index in [1.807, 2.05) is 12.3 Å². The quantitative estimate of drug-likeness (QED) is 0.234. The molecule has 1 fully saturated rings. The van der Waals surface area contributed by atoms with E-state index >= 15 is 0 Å². The molecule has 7 heterocycles. The molecular formula is C37H43N11O2S. The normalized spacial score (nSPS) is 24.2. The summed E-state index contributed by atoms with van der Waals surface area (Å²) in [6.45, 7) is 7.03. The molecule has 0 aromatic carbocycles. The van der Waals surface area contributed by atoms with Crippen LogP contribution in [0.5, 0.6) is 0 Å². The van der Waals surface area contributed by atoms with Crippen molar-refractivity contribution in [2.75, 3.05) is 43.1 Å². The Morgan fingerprint density at radius 2 is 1.98 bits per heavy atom. The average molecular weight is 706 g/mol. The van der Waals surface area contributed by atoms with Crippen molar-refractivity contribution >= 4 is 39.0 Å². The molecule has 9 rings (SSSR count). The maximum absolute atomic E-state index is 10.2. The Kier molecular flexibility index (Phi) is 7.79. The fourth-order valence-electron chi connectivity index (χ4n) is 9.58. The number of ether oxygens (including phenoxy) is 1. The van der Waals surface area contributed by atoms with Gasteiger partial charge in [-0.25, -0.2) is 19.6 Å². The first kappa shape index (κ1) is 32.3. The van der Waals surface area contributed by atoms with Crippen LogP contribution in [0, 0.1) is 11.3 Å². The van der Waals surface area contributed by atoms with E-state index in [2.05, 4.69) is 46.4 Å². The van der Waals surface area contributed by atoms with E-state index in [9.17, 15) is 5.26 Å². The van der Waals surface area contributed by atoms with Crippen molar-refractivity contribution in [2.24, 2.45) is 0 Å². The number of likely N-dealkylation sites (N-methyl/N-ethyl adjacent to an activating group) is 1. The number of anilines is 3. The molecule has 0 saturated carbocycles. The molecule has 51 heavy (non-hydrogen) atoms. The molecule has 4 unspecified atom stereocenters. The smallest absolute Gasteiger partial charge is 0.186 e. The predicted octanol–water partition coefficient (Wildman–Crippen LogP) is 5.69. The zero-order valence-corrected chi connectivity index (χ0v) is 30.2. The minimum atomic E-state index is -0.439. The zero-order valence-electron chi connectivity index (χ0n) is 29.4. The van der Waals surface area contributed by atoms with Crippen LogP contribution in [0.2, 0.25) is 0 Å². The minimum absolute atomic E-state index is 0.0860. The Labute approximate surface area is 300 Å². The van der Waals surface area contributed by atoms with Crippen LogP contribution in [-0.4, -0.2) is 67.6 Å². The van der Waals surface area contributed by atoms with Gasteiger partial charge in [0.2, 0.25) is 0 Å². The molecule has 4 N–H and O–H groups in total. The number of nitriles is 1. The summed E-state index contributed by atoms with van der Waals surface area (Å²) in [6.07, 6.45) is 11.3. The lowest BCUT2D eigenvalue weighted by Gasteiger charge is -2.39. The van der Waals surface area contributed by atoms with Crippen LogP contribution < -0.4 is 16.4 Å². The van der Waals surface area contributed by atoms with Gasteiger partial charge in [-0.05, 0) is 96.0 Å². The number of fused-ring (bicyclic) bond motifs is 6. The summed E-state index contributed by atoms with van der Waals surface area (Å²) in [4.78, 5) is 20.9. The number of rotatable bonds is 4. The average Bonchev–Trinajstić information content (AvgIpc) is 3.92. The zero-order chi connectivity index (χ0) is 35.0. The van der Waals surface area contributed by atoms with Crippen molar-refractivity contribution < 1.29 is 9.26 Å². The standard InChI is InChI=1S/C37H43N11O2S/c1-20(26-8-6-14-46(26)3)48-36-25(18-42-48)35(47-15-16-49-19-22-10-13-41-32(39)28(22)21(47)2)43-34(44-36)30-23-7-4-11-37(31(23)50-45-30)12-5-9-27-29(37)24(17-38)33(40)51-27/h10,13,18,20-21,26H,4-9,11-12,14-16,19,40H2,1-3H3,(H2,39,41). The molecule has 0 radical (unpaired) electrons. The Morgan fingerprint density at radius 3 is 2.78 bits per heavy atom. The largest absolute Gasteiger partial charge is 0.389 e. The van der Waals surface area contributed by atoms with E-state index in [0.29, 0.717) is 53.7 Å². The number of nitrogen functional groups attached to an aromatic ring is 2. The van der Waals surface area contributed by atoms with Crippen molar-refractivity contribution in [1.82, 2.24) is 34.8 Å². The minimum Gasteiger partial charge on any atom is -0.389 e. The van der Waals surface area contributed by atoms with E-state index in [0.717, 1.165) is 103 Å². The van der Waals surface area contributed by atoms with Gasteiger partial charge in [-0.2, -0.15) is 10.4 Å². The molecule has 4 aliphatic rings. The topological polar surface area (TPSA) is 174 Å². The Hall–Kier alpha value is -4.58. The summed E-state index contributed by atoms with van der Waals surface area (Å²) in [5.74, 6) is 2.58. The number of aryl methyl sites for hydroxylation is 1. The summed E-state index contributed by atoms with van der Waals surface area (Å²) in [6, 6.07) is 4.70. The molecule has 1 saturated heterocycles. The van der Waals surface area contributed by atoms with Crippen molar-refractivity contribution in [1.29, 1.82) is 5.26 Å². The second kappa shape index (κ2) is 12.3. The summed E-state index contributed by atoms with van der Waals surface area (Å²) < 4.78 is 14.6. The van der Waals surface area contributed by atoms with Crippen LogP contribution in [0.3, 0.4) is 0 Å². The number of nitrogens with two attached hydrogens (primary N) is 2. The highest BCUT2D eigenvalue weighted by Crippen LogP contribution is 2.55. The van der Waals surface area contributed by atoms with Gasteiger partial charge in [0.1, 0.15) is 22.7 Å². The lowest BCUT2D eigenvalue weighted by Crippen LogP contribution is -2.35. The summed E-state index contributed by atoms with van der Waals surface area (Å²) >= 11 is 1.55. The Morgan fingerprint density at radius 1 is 1.14 bits per heavy atom. The first-order chi connectivity index (χ1) is 24.8. The molecular weight excluding hydrogens is 663 g/mol. The summed E-state index contributed by atoms with van der Waals surface area (Å²) in [7, 11) is 2.19. The van der Waals surface area contributed by atoms with Crippen molar-refractivity contribution in [2.45, 2.75) is 95.4 Å². The number of aromatic nitrogens is 6. The van der Waals surface area contributed by atoms with E-state index in [4.69, 9.17) is 41.0 Å². The molecule has 0 amide bonds. The molecule has 14 heteroatoms. The molecule has 0 bridgehead atoms. The van der Waals surface area contributed by atoms with Gasteiger partial charge in [-0.15, -0.1) is 11.3 Å². The van der Waals surface area contributed by atoms with E-state index < -0.39 is 5.41 Å². The molecule has 5 aromatic rings.